The number of fused-ring (bicyclic) bond motifs is 1. The molecule has 0 saturated carbocycles. The monoisotopic (exact) mass is 163 g/mol. The number of aryl methyl sites for hydroxylation is 1. The summed E-state index contributed by atoms with van der Waals surface area (Å²) in [5.74, 6) is 0. The van der Waals surface area contributed by atoms with E-state index in [1.807, 2.05) is 6.07 Å². The van der Waals surface area contributed by atoms with Gasteiger partial charge in [0.1, 0.15) is 0 Å². The zero-order valence-electron chi connectivity index (χ0n) is 6.26. The lowest BCUT2D eigenvalue weighted by Crippen LogP contribution is -1.73. The van der Waals surface area contributed by atoms with Gasteiger partial charge in [0.05, 0.1) is 5.03 Å². The Morgan fingerprint density at radius 1 is 1.36 bits per heavy atom. The highest BCUT2D eigenvalue weighted by Gasteiger charge is 1.98. The van der Waals surface area contributed by atoms with Crippen LogP contribution in [0.15, 0.2) is 29.3 Å². The molecular weight excluding hydrogens is 154 g/mol. The smallest absolute Gasteiger partial charge is 0.0701 e. The molecule has 0 atom stereocenters. The summed E-state index contributed by atoms with van der Waals surface area (Å²) in [5, 5.41) is 2.16. The molecular formula is C9H9NS. The Kier molecular flexibility index (Phi) is 1.43. The molecule has 1 nitrogen and oxygen atoms in total. The number of hydrogen-bond acceptors (Lipinski definition) is 1. The highest BCUT2D eigenvalue weighted by atomic mass is 32.1. The van der Waals surface area contributed by atoms with Crippen molar-refractivity contribution in [3.63, 3.8) is 0 Å². The molecule has 56 valence electrons. The Balaban J connectivity index is 2.90. The van der Waals surface area contributed by atoms with E-state index in [9.17, 15) is 0 Å². The van der Waals surface area contributed by atoms with Gasteiger partial charge in [-0.3, -0.25) is 0 Å². The maximum Gasteiger partial charge on any atom is 0.0701 e. The number of rotatable bonds is 0. The first-order chi connectivity index (χ1) is 5.27. The summed E-state index contributed by atoms with van der Waals surface area (Å²) in [6, 6.07) is 8.26. The molecule has 1 aromatic carbocycles. The van der Waals surface area contributed by atoms with Gasteiger partial charge in [-0.1, -0.05) is 18.2 Å². The molecule has 2 aromatic rings. The molecule has 1 aromatic heterocycles. The summed E-state index contributed by atoms with van der Waals surface area (Å²) < 4.78 is 0. The molecule has 11 heavy (non-hydrogen) atoms. The molecule has 1 heterocycles. The zero-order valence-corrected chi connectivity index (χ0v) is 7.15. The standard InChI is InChI=1S/C9H9NS/c1-6-3-2-4-7-5-8(11)10-9(6)7/h2-5,10-11H,1H3. The van der Waals surface area contributed by atoms with Crippen molar-refractivity contribution in [2.75, 3.05) is 0 Å². The Hall–Kier alpha value is -0.890. The van der Waals surface area contributed by atoms with Gasteiger partial charge < -0.3 is 4.98 Å². The molecule has 0 saturated heterocycles. The van der Waals surface area contributed by atoms with E-state index in [2.05, 4.69) is 42.7 Å². The summed E-state index contributed by atoms with van der Waals surface area (Å²) >= 11 is 4.23. The van der Waals surface area contributed by atoms with E-state index < -0.39 is 0 Å². The molecule has 0 aliphatic heterocycles. The molecule has 1 N–H and O–H groups in total. The van der Waals surface area contributed by atoms with E-state index >= 15 is 0 Å². The van der Waals surface area contributed by atoms with Crippen LogP contribution in [0, 0.1) is 6.92 Å². The lowest BCUT2D eigenvalue weighted by Gasteiger charge is -1.92. The van der Waals surface area contributed by atoms with Crippen LogP contribution < -0.4 is 0 Å². The van der Waals surface area contributed by atoms with Crippen LogP contribution in [-0.4, -0.2) is 4.98 Å². The number of nitrogens with one attached hydrogen (secondary N) is 1. The fourth-order valence-corrected chi connectivity index (χ4v) is 1.54. The van der Waals surface area contributed by atoms with E-state index in [-0.39, 0.29) is 0 Å². The minimum Gasteiger partial charge on any atom is -0.350 e. The Morgan fingerprint density at radius 3 is 2.91 bits per heavy atom. The molecule has 2 heteroatoms. The van der Waals surface area contributed by atoms with Crippen LogP contribution in [0.4, 0.5) is 0 Å². The number of para-hydroxylation sites is 1. The van der Waals surface area contributed by atoms with Gasteiger partial charge in [0.15, 0.2) is 0 Å². The minimum atomic E-state index is 0.925. The maximum atomic E-state index is 4.23. The second-order valence-electron chi connectivity index (χ2n) is 2.69. The van der Waals surface area contributed by atoms with Crippen LogP contribution in [0.5, 0.6) is 0 Å². The third-order valence-corrected chi connectivity index (χ3v) is 2.09. The van der Waals surface area contributed by atoms with Crippen molar-refractivity contribution < 1.29 is 0 Å². The maximum absolute atomic E-state index is 4.23. The van der Waals surface area contributed by atoms with Crippen molar-refractivity contribution in [1.29, 1.82) is 0 Å². The first-order valence-corrected chi connectivity index (χ1v) is 3.99. The number of benzene rings is 1. The quantitative estimate of drug-likeness (QED) is 0.555. The molecule has 0 amide bonds. The average molecular weight is 163 g/mol. The largest absolute Gasteiger partial charge is 0.350 e. The fraction of sp³-hybridized carbons (Fsp3) is 0.111. The summed E-state index contributed by atoms with van der Waals surface area (Å²) in [6.07, 6.45) is 0. The van der Waals surface area contributed by atoms with Crippen molar-refractivity contribution in [2.45, 2.75) is 11.9 Å². The normalized spacial score (nSPS) is 10.7. The molecule has 0 bridgehead atoms. The molecule has 0 aliphatic carbocycles. The Bertz CT molecular complexity index is 389. The van der Waals surface area contributed by atoms with E-state index in [1.54, 1.807) is 0 Å². The van der Waals surface area contributed by atoms with Crippen molar-refractivity contribution >= 4 is 23.5 Å². The molecule has 0 fully saturated rings. The van der Waals surface area contributed by atoms with Crippen LogP contribution >= 0.6 is 12.6 Å². The van der Waals surface area contributed by atoms with Gasteiger partial charge in [0, 0.05) is 10.9 Å². The van der Waals surface area contributed by atoms with Gasteiger partial charge in [0.25, 0.3) is 0 Å². The van der Waals surface area contributed by atoms with Gasteiger partial charge in [0.2, 0.25) is 0 Å². The molecule has 0 aliphatic rings. The summed E-state index contributed by atoms with van der Waals surface area (Å²) in [6.45, 7) is 2.09. The molecule has 0 unspecified atom stereocenters. The Morgan fingerprint density at radius 2 is 2.18 bits per heavy atom. The number of thiol groups is 1. The van der Waals surface area contributed by atoms with E-state index in [1.165, 1.54) is 16.5 Å². The number of hydrogen-bond donors (Lipinski definition) is 2. The SMILES string of the molecule is Cc1cccc2cc(S)[nH]c12. The van der Waals surface area contributed by atoms with Gasteiger partial charge in [-0.05, 0) is 18.6 Å². The summed E-state index contributed by atoms with van der Waals surface area (Å²) in [4.78, 5) is 3.19. The molecule has 0 radical (unpaired) electrons. The highest BCUT2D eigenvalue weighted by Crippen LogP contribution is 2.19. The van der Waals surface area contributed by atoms with Crippen molar-refractivity contribution in [3.05, 3.63) is 29.8 Å². The first kappa shape index (κ1) is 6.80. The predicted molar refractivity (Wildman–Crippen MR) is 50.3 cm³/mol. The number of aromatic nitrogens is 1. The topological polar surface area (TPSA) is 15.8 Å². The first-order valence-electron chi connectivity index (χ1n) is 3.54. The molecule has 0 spiro atoms. The second kappa shape index (κ2) is 2.31. The Labute approximate surface area is 70.8 Å². The van der Waals surface area contributed by atoms with Crippen molar-refractivity contribution in [3.8, 4) is 0 Å². The van der Waals surface area contributed by atoms with Gasteiger partial charge in [-0.25, -0.2) is 0 Å². The second-order valence-corrected chi connectivity index (χ2v) is 3.18. The third-order valence-electron chi connectivity index (χ3n) is 1.85. The summed E-state index contributed by atoms with van der Waals surface area (Å²) in [5.41, 5.74) is 2.46. The van der Waals surface area contributed by atoms with Crippen LogP contribution in [0.1, 0.15) is 5.56 Å². The van der Waals surface area contributed by atoms with E-state index in [0.717, 1.165) is 5.03 Å². The van der Waals surface area contributed by atoms with Gasteiger partial charge in [-0.15, -0.1) is 12.6 Å². The lowest BCUT2D eigenvalue weighted by atomic mass is 10.2. The number of aromatic amines is 1. The van der Waals surface area contributed by atoms with Crippen LogP contribution in [-0.2, 0) is 0 Å². The fourth-order valence-electron chi connectivity index (χ4n) is 1.29. The zero-order chi connectivity index (χ0) is 7.84. The van der Waals surface area contributed by atoms with Crippen molar-refractivity contribution in [2.24, 2.45) is 0 Å². The third kappa shape index (κ3) is 1.03. The summed E-state index contributed by atoms with van der Waals surface area (Å²) in [7, 11) is 0. The number of H-pyrrole nitrogens is 1. The van der Waals surface area contributed by atoms with E-state index in [0.29, 0.717) is 0 Å². The van der Waals surface area contributed by atoms with Crippen molar-refractivity contribution in [1.82, 2.24) is 4.98 Å². The minimum absolute atomic E-state index is 0.925. The average Bonchev–Trinajstić information content (AvgIpc) is 2.31. The van der Waals surface area contributed by atoms with Crippen LogP contribution in [0.2, 0.25) is 0 Å². The highest BCUT2D eigenvalue weighted by molar-refractivity contribution is 7.80. The predicted octanol–water partition coefficient (Wildman–Crippen LogP) is 2.77. The van der Waals surface area contributed by atoms with Crippen LogP contribution in [0.3, 0.4) is 0 Å². The van der Waals surface area contributed by atoms with Gasteiger partial charge in [-0.2, -0.15) is 0 Å². The van der Waals surface area contributed by atoms with Gasteiger partial charge >= 0.3 is 0 Å². The molecule has 2 rings (SSSR count). The lowest BCUT2D eigenvalue weighted by molar-refractivity contribution is 1.24. The van der Waals surface area contributed by atoms with Crippen LogP contribution in [0.25, 0.3) is 10.9 Å². The van der Waals surface area contributed by atoms with E-state index in [4.69, 9.17) is 0 Å².